The molecular formula is C15H18F2N2O2. The van der Waals surface area contributed by atoms with Gasteiger partial charge in [0.15, 0.2) is 5.69 Å². The molecule has 1 heterocycles. The summed E-state index contributed by atoms with van der Waals surface area (Å²) < 4.78 is 32.5. The number of methoxy groups -OCH3 is 1. The van der Waals surface area contributed by atoms with Crippen LogP contribution in [0.2, 0.25) is 0 Å². The van der Waals surface area contributed by atoms with Gasteiger partial charge in [0.05, 0.1) is 18.1 Å². The fourth-order valence-electron chi connectivity index (χ4n) is 1.72. The summed E-state index contributed by atoms with van der Waals surface area (Å²) in [5.74, 6) is -2.86. The zero-order valence-corrected chi connectivity index (χ0v) is 12.2. The molecule has 0 spiro atoms. The Labute approximate surface area is 121 Å². The van der Waals surface area contributed by atoms with Gasteiger partial charge in [0.1, 0.15) is 5.75 Å². The Bertz CT molecular complexity index is 681. The van der Waals surface area contributed by atoms with Crippen LogP contribution in [-0.4, -0.2) is 17.1 Å². The topological polar surface area (TPSA) is 55.0 Å². The zero-order valence-electron chi connectivity index (χ0n) is 12.2. The van der Waals surface area contributed by atoms with Crippen molar-refractivity contribution in [1.82, 2.24) is 9.97 Å². The van der Waals surface area contributed by atoms with Gasteiger partial charge in [0.2, 0.25) is 0 Å². The monoisotopic (exact) mass is 296 g/mol. The van der Waals surface area contributed by atoms with Crippen molar-refractivity contribution in [2.45, 2.75) is 26.2 Å². The van der Waals surface area contributed by atoms with Crippen LogP contribution in [0.1, 0.15) is 26.0 Å². The summed E-state index contributed by atoms with van der Waals surface area (Å²) in [7, 11) is 1.46. The lowest BCUT2D eigenvalue weighted by Gasteiger charge is -2.13. The fourth-order valence-corrected chi connectivity index (χ4v) is 1.72. The lowest BCUT2D eigenvalue weighted by Crippen LogP contribution is -2.26. The van der Waals surface area contributed by atoms with Crippen molar-refractivity contribution in [2.75, 3.05) is 7.11 Å². The average molecular weight is 296 g/mol. The Morgan fingerprint density at radius 2 is 2.10 bits per heavy atom. The first kappa shape index (κ1) is 16.8. The minimum Gasteiger partial charge on any atom is -0.497 e. The van der Waals surface area contributed by atoms with E-state index in [0.717, 1.165) is 6.08 Å². The summed E-state index contributed by atoms with van der Waals surface area (Å²) in [5.41, 5.74) is -1.08. The first-order valence-electron chi connectivity index (χ1n) is 6.55. The van der Waals surface area contributed by atoms with Crippen molar-refractivity contribution in [3.63, 3.8) is 0 Å². The first-order valence-corrected chi connectivity index (χ1v) is 6.55. The van der Waals surface area contributed by atoms with Gasteiger partial charge < -0.3 is 9.72 Å². The van der Waals surface area contributed by atoms with Crippen molar-refractivity contribution in [3.05, 3.63) is 46.9 Å². The van der Waals surface area contributed by atoms with Crippen molar-refractivity contribution in [2.24, 2.45) is 0 Å². The smallest absolute Gasteiger partial charge is 0.298 e. The second-order valence-electron chi connectivity index (χ2n) is 3.99. The quantitative estimate of drug-likeness (QED) is 0.877. The highest BCUT2D eigenvalue weighted by Gasteiger charge is 2.35. The van der Waals surface area contributed by atoms with Gasteiger partial charge in [-0.3, -0.25) is 4.79 Å². The van der Waals surface area contributed by atoms with E-state index in [2.05, 4.69) is 16.5 Å². The maximum absolute atomic E-state index is 13.7. The van der Waals surface area contributed by atoms with Crippen LogP contribution in [0.5, 0.6) is 5.75 Å². The summed E-state index contributed by atoms with van der Waals surface area (Å²) >= 11 is 0. The molecule has 0 unspecified atom stereocenters. The molecule has 1 N–H and O–H groups in total. The Morgan fingerprint density at radius 3 is 2.67 bits per heavy atom. The van der Waals surface area contributed by atoms with Crippen LogP contribution in [-0.2, 0) is 5.92 Å². The normalized spacial score (nSPS) is 10.7. The van der Waals surface area contributed by atoms with Crippen LogP contribution in [0, 0.1) is 0 Å². The molecule has 2 rings (SSSR count). The van der Waals surface area contributed by atoms with E-state index in [1.165, 1.54) is 13.2 Å². The molecule has 6 heteroatoms. The molecule has 2 aromatic rings. The number of hydrogen-bond acceptors (Lipinski definition) is 3. The Balaban J connectivity index is 0.00000106. The van der Waals surface area contributed by atoms with Crippen LogP contribution >= 0.6 is 0 Å². The molecule has 0 aliphatic carbocycles. The van der Waals surface area contributed by atoms with E-state index in [-0.39, 0.29) is 5.52 Å². The average Bonchev–Trinajstić information content (AvgIpc) is 2.48. The Morgan fingerprint density at radius 1 is 1.43 bits per heavy atom. The van der Waals surface area contributed by atoms with E-state index in [4.69, 9.17) is 4.74 Å². The summed E-state index contributed by atoms with van der Waals surface area (Å²) in [6.45, 7) is 7.25. The molecule has 0 saturated carbocycles. The first-order chi connectivity index (χ1) is 9.97. The Hall–Kier alpha value is -2.24. The van der Waals surface area contributed by atoms with Gasteiger partial charge in [0, 0.05) is 12.5 Å². The number of aromatic nitrogens is 2. The number of fused-ring (bicyclic) bond motifs is 1. The third kappa shape index (κ3) is 3.65. The minimum atomic E-state index is -3.34. The van der Waals surface area contributed by atoms with Crippen molar-refractivity contribution >= 4 is 11.0 Å². The van der Waals surface area contributed by atoms with Crippen LogP contribution < -0.4 is 10.3 Å². The molecule has 0 aliphatic heterocycles. The highest BCUT2D eigenvalue weighted by atomic mass is 19.3. The van der Waals surface area contributed by atoms with Gasteiger partial charge in [-0.1, -0.05) is 19.9 Å². The van der Waals surface area contributed by atoms with Crippen LogP contribution in [0.25, 0.3) is 11.0 Å². The molecule has 0 bridgehead atoms. The lowest BCUT2D eigenvalue weighted by molar-refractivity contribution is -0.00663. The van der Waals surface area contributed by atoms with Crippen molar-refractivity contribution in [3.8, 4) is 5.75 Å². The highest BCUT2D eigenvalue weighted by Crippen LogP contribution is 2.29. The SMILES string of the molecule is C=CCC(F)(F)c1nc2cc(OC)ccc2[nH]c1=O.CC. The highest BCUT2D eigenvalue weighted by molar-refractivity contribution is 5.75. The third-order valence-corrected chi connectivity index (χ3v) is 2.65. The molecule has 114 valence electrons. The van der Waals surface area contributed by atoms with Gasteiger partial charge in [-0.05, 0) is 12.1 Å². The Kier molecular flexibility index (Phi) is 5.58. The predicted molar refractivity (Wildman–Crippen MR) is 79.0 cm³/mol. The number of nitrogens with one attached hydrogen (secondary N) is 1. The van der Waals surface area contributed by atoms with E-state index in [0.29, 0.717) is 11.3 Å². The van der Waals surface area contributed by atoms with Crippen LogP contribution in [0.3, 0.4) is 0 Å². The summed E-state index contributed by atoms with van der Waals surface area (Å²) in [6, 6.07) is 4.65. The van der Waals surface area contributed by atoms with E-state index in [1.807, 2.05) is 13.8 Å². The summed E-state index contributed by atoms with van der Waals surface area (Å²) in [5, 5.41) is 0. The third-order valence-electron chi connectivity index (χ3n) is 2.65. The number of hydrogen-bond donors (Lipinski definition) is 1. The number of rotatable bonds is 4. The summed E-state index contributed by atoms with van der Waals surface area (Å²) in [6.07, 6.45) is 0.412. The number of ether oxygens (including phenoxy) is 1. The molecule has 1 aromatic carbocycles. The number of nitrogens with zero attached hydrogens (tertiary/aromatic N) is 1. The number of allylic oxidation sites excluding steroid dienone is 1. The van der Waals surface area contributed by atoms with E-state index >= 15 is 0 Å². The molecule has 21 heavy (non-hydrogen) atoms. The maximum Gasteiger partial charge on any atom is 0.298 e. The predicted octanol–water partition coefficient (Wildman–Crippen LogP) is 3.63. The van der Waals surface area contributed by atoms with E-state index in [9.17, 15) is 13.6 Å². The maximum atomic E-state index is 13.7. The lowest BCUT2D eigenvalue weighted by atomic mass is 10.1. The van der Waals surface area contributed by atoms with E-state index in [1.54, 1.807) is 12.1 Å². The number of aromatic amines is 1. The molecule has 1 aromatic heterocycles. The summed E-state index contributed by atoms with van der Waals surface area (Å²) in [4.78, 5) is 17.8. The standard InChI is InChI=1S/C13H12F2N2O2.C2H6/c1-3-6-13(14,15)11-12(18)17-9-5-4-8(19-2)7-10(9)16-11;1-2/h3-5,7H,1,6H2,2H3,(H,17,18);1-2H3. The molecule has 0 atom stereocenters. The van der Waals surface area contributed by atoms with Crippen LogP contribution in [0.4, 0.5) is 8.78 Å². The number of halogens is 2. The van der Waals surface area contributed by atoms with Crippen molar-refractivity contribution in [1.29, 1.82) is 0 Å². The fraction of sp³-hybridized carbons (Fsp3) is 0.333. The number of alkyl halides is 2. The van der Waals surface area contributed by atoms with E-state index < -0.39 is 23.6 Å². The van der Waals surface area contributed by atoms with Gasteiger partial charge in [0.25, 0.3) is 11.5 Å². The second kappa shape index (κ2) is 6.97. The second-order valence-corrected chi connectivity index (χ2v) is 3.99. The molecule has 4 nitrogen and oxygen atoms in total. The van der Waals surface area contributed by atoms with Gasteiger partial charge in [-0.15, -0.1) is 6.58 Å². The molecular weight excluding hydrogens is 278 g/mol. The number of benzene rings is 1. The van der Waals surface area contributed by atoms with Gasteiger partial charge in [-0.2, -0.15) is 8.78 Å². The molecule has 0 aliphatic rings. The van der Waals surface area contributed by atoms with Gasteiger partial charge >= 0.3 is 0 Å². The molecule has 0 fully saturated rings. The number of H-pyrrole nitrogens is 1. The molecule has 0 radical (unpaired) electrons. The largest absolute Gasteiger partial charge is 0.497 e. The minimum absolute atomic E-state index is 0.248. The molecule has 0 saturated heterocycles. The van der Waals surface area contributed by atoms with Crippen molar-refractivity contribution < 1.29 is 13.5 Å². The zero-order chi connectivity index (χ0) is 16.0. The van der Waals surface area contributed by atoms with Crippen LogP contribution in [0.15, 0.2) is 35.6 Å². The molecule has 0 amide bonds. The van der Waals surface area contributed by atoms with Gasteiger partial charge in [-0.25, -0.2) is 4.98 Å².